The zero-order chi connectivity index (χ0) is 49.3. The first kappa shape index (κ1) is 64.3. The molecule has 6 nitrogen and oxygen atoms in total. The SMILES string of the molecule is CC/C=C\C/C=C\C/C=C\C/C=C\C/C=C\C/C=C\CCC(=O)OCC(COC(=O)CCCCCCC/C=C\C/C=C\CC)OC(=O)CCCCCCCCCCCCCCCCCCCCC. The lowest BCUT2D eigenvalue weighted by Crippen LogP contribution is -2.30. The van der Waals surface area contributed by atoms with Crippen LogP contribution in [0.5, 0.6) is 0 Å². The fourth-order valence-corrected chi connectivity index (χ4v) is 7.68. The lowest BCUT2D eigenvalue weighted by Gasteiger charge is -2.18. The Balaban J connectivity index is 4.46. The van der Waals surface area contributed by atoms with Gasteiger partial charge in [0.15, 0.2) is 6.10 Å². The van der Waals surface area contributed by atoms with Crippen molar-refractivity contribution < 1.29 is 28.6 Å². The first-order valence-electron chi connectivity index (χ1n) is 28.2. The van der Waals surface area contributed by atoms with E-state index in [0.29, 0.717) is 19.3 Å². The Kier molecular flexibility index (Phi) is 52.9. The number of unbranched alkanes of at least 4 members (excludes halogenated alkanes) is 23. The molecule has 68 heavy (non-hydrogen) atoms. The number of allylic oxidation sites excluding steroid dienone is 16. The van der Waals surface area contributed by atoms with Crippen LogP contribution < -0.4 is 0 Å². The Labute approximate surface area is 419 Å². The van der Waals surface area contributed by atoms with E-state index in [1.54, 1.807) is 0 Å². The van der Waals surface area contributed by atoms with Crippen LogP contribution in [0.1, 0.15) is 258 Å². The highest BCUT2D eigenvalue weighted by atomic mass is 16.6. The van der Waals surface area contributed by atoms with Crippen LogP contribution in [0.4, 0.5) is 0 Å². The highest BCUT2D eigenvalue weighted by molar-refractivity contribution is 5.71. The van der Waals surface area contributed by atoms with Crippen molar-refractivity contribution >= 4 is 17.9 Å². The summed E-state index contributed by atoms with van der Waals surface area (Å²) in [5.41, 5.74) is 0. The molecule has 0 aliphatic carbocycles. The van der Waals surface area contributed by atoms with E-state index in [9.17, 15) is 14.4 Å². The maximum atomic E-state index is 12.8. The minimum atomic E-state index is -0.813. The van der Waals surface area contributed by atoms with Gasteiger partial charge in [-0.3, -0.25) is 14.4 Å². The van der Waals surface area contributed by atoms with E-state index in [4.69, 9.17) is 14.2 Å². The van der Waals surface area contributed by atoms with Crippen molar-refractivity contribution in [2.45, 2.75) is 264 Å². The van der Waals surface area contributed by atoms with Crippen molar-refractivity contribution in [1.82, 2.24) is 0 Å². The first-order chi connectivity index (χ1) is 33.5. The topological polar surface area (TPSA) is 78.9 Å². The third-order valence-electron chi connectivity index (χ3n) is 11.8. The van der Waals surface area contributed by atoms with E-state index >= 15 is 0 Å². The molecule has 0 fully saturated rings. The third-order valence-corrected chi connectivity index (χ3v) is 11.8. The number of carbonyl (C=O) groups excluding carboxylic acids is 3. The molecule has 0 aromatic carbocycles. The second kappa shape index (κ2) is 55.9. The molecule has 0 radical (unpaired) electrons. The number of hydrogen-bond acceptors (Lipinski definition) is 6. The van der Waals surface area contributed by atoms with Crippen molar-refractivity contribution in [3.8, 4) is 0 Å². The third kappa shape index (κ3) is 53.3. The molecule has 0 rings (SSSR count). The van der Waals surface area contributed by atoms with Crippen LogP contribution in [-0.2, 0) is 28.6 Å². The Hall–Kier alpha value is -3.67. The van der Waals surface area contributed by atoms with Crippen molar-refractivity contribution in [2.24, 2.45) is 0 Å². The summed E-state index contributed by atoms with van der Waals surface area (Å²) in [5.74, 6) is -1.00. The quantitative estimate of drug-likeness (QED) is 0.0262. The zero-order valence-electron chi connectivity index (χ0n) is 44.3. The maximum Gasteiger partial charge on any atom is 0.306 e. The fraction of sp³-hybridized carbons (Fsp3) is 0.694. The van der Waals surface area contributed by atoms with Crippen molar-refractivity contribution in [2.75, 3.05) is 13.2 Å². The van der Waals surface area contributed by atoms with Crippen LogP contribution in [0.25, 0.3) is 0 Å². The van der Waals surface area contributed by atoms with Crippen LogP contribution in [0.15, 0.2) is 97.2 Å². The Bertz CT molecular complexity index is 1360. The number of ether oxygens (including phenoxy) is 3. The van der Waals surface area contributed by atoms with E-state index in [1.807, 2.05) is 6.08 Å². The van der Waals surface area contributed by atoms with Crippen LogP contribution in [-0.4, -0.2) is 37.2 Å². The first-order valence-corrected chi connectivity index (χ1v) is 28.2. The van der Waals surface area contributed by atoms with Gasteiger partial charge in [0.1, 0.15) is 13.2 Å². The van der Waals surface area contributed by atoms with Gasteiger partial charge < -0.3 is 14.2 Å². The Morgan fingerprint density at radius 3 is 0.985 bits per heavy atom. The highest BCUT2D eigenvalue weighted by Crippen LogP contribution is 2.16. The highest BCUT2D eigenvalue weighted by Gasteiger charge is 2.19. The van der Waals surface area contributed by atoms with Gasteiger partial charge in [-0.15, -0.1) is 0 Å². The lowest BCUT2D eigenvalue weighted by molar-refractivity contribution is -0.166. The molecule has 0 heterocycles. The predicted octanol–water partition coefficient (Wildman–Crippen LogP) is 18.9. The minimum absolute atomic E-state index is 0.107. The average molecular weight is 946 g/mol. The van der Waals surface area contributed by atoms with E-state index in [2.05, 4.69) is 112 Å². The van der Waals surface area contributed by atoms with Crippen molar-refractivity contribution in [3.05, 3.63) is 97.2 Å². The van der Waals surface area contributed by atoms with Gasteiger partial charge in [0.05, 0.1) is 0 Å². The zero-order valence-corrected chi connectivity index (χ0v) is 44.3. The Morgan fingerprint density at radius 1 is 0.309 bits per heavy atom. The monoisotopic (exact) mass is 945 g/mol. The molecule has 0 saturated carbocycles. The van der Waals surface area contributed by atoms with Gasteiger partial charge in [0.25, 0.3) is 0 Å². The molecule has 1 unspecified atom stereocenters. The molecule has 6 heteroatoms. The maximum absolute atomic E-state index is 12.8. The van der Waals surface area contributed by atoms with E-state index in [1.165, 1.54) is 103 Å². The summed E-state index contributed by atoms with van der Waals surface area (Å²) in [6.45, 7) is 6.35. The van der Waals surface area contributed by atoms with Crippen LogP contribution in [0, 0.1) is 0 Å². The molecule has 0 bridgehead atoms. The molecule has 0 aliphatic rings. The molecule has 0 aromatic heterocycles. The van der Waals surface area contributed by atoms with E-state index in [0.717, 1.165) is 109 Å². The second-order valence-corrected chi connectivity index (χ2v) is 18.4. The molecule has 0 spiro atoms. The fourth-order valence-electron chi connectivity index (χ4n) is 7.68. The van der Waals surface area contributed by atoms with Gasteiger partial charge in [-0.2, -0.15) is 0 Å². The normalized spacial score (nSPS) is 12.8. The Morgan fingerprint density at radius 2 is 0.603 bits per heavy atom. The van der Waals surface area contributed by atoms with Gasteiger partial charge in [0, 0.05) is 19.3 Å². The molecule has 0 aromatic rings. The number of rotatable bonds is 50. The molecule has 0 amide bonds. The van der Waals surface area contributed by atoms with Crippen molar-refractivity contribution in [3.63, 3.8) is 0 Å². The summed E-state index contributed by atoms with van der Waals surface area (Å²) in [6, 6.07) is 0. The number of esters is 3. The summed E-state index contributed by atoms with van der Waals surface area (Å²) in [6.07, 6.45) is 74.2. The average Bonchev–Trinajstić information content (AvgIpc) is 3.34. The lowest BCUT2D eigenvalue weighted by atomic mass is 10.0. The summed E-state index contributed by atoms with van der Waals surface area (Å²) >= 11 is 0. The van der Waals surface area contributed by atoms with Gasteiger partial charge >= 0.3 is 17.9 Å². The predicted molar refractivity (Wildman–Crippen MR) is 293 cm³/mol. The van der Waals surface area contributed by atoms with E-state index in [-0.39, 0.29) is 37.5 Å². The smallest absolute Gasteiger partial charge is 0.306 e. The van der Waals surface area contributed by atoms with Gasteiger partial charge in [-0.25, -0.2) is 0 Å². The standard InChI is InChI=1S/C62H104O6/c1-4-7-10-13-16-19-22-25-27-29-31-33-35-37-40-43-46-49-52-55-61(64)67-58-59(57-66-60(63)54-51-48-45-42-39-24-21-18-15-12-9-6-3)68-62(65)56-53-50-47-44-41-38-36-34-32-30-28-26-23-20-17-14-11-8-5-2/h7,9-10,12,16,18-19,21,25,27,31,33,37,40,46,49,59H,4-6,8,11,13-15,17,20,22-24,26,28-30,32,34-36,38-39,41-45,47-48,50-58H2,1-3H3/b10-7-,12-9-,19-16-,21-18-,27-25-,33-31-,40-37-,49-46-. The molecule has 0 N–H and O–H groups in total. The molecule has 388 valence electrons. The van der Waals surface area contributed by atoms with Crippen molar-refractivity contribution in [1.29, 1.82) is 0 Å². The van der Waals surface area contributed by atoms with Crippen LogP contribution >= 0.6 is 0 Å². The summed E-state index contributed by atoms with van der Waals surface area (Å²) in [7, 11) is 0. The molecule has 0 aliphatic heterocycles. The summed E-state index contributed by atoms with van der Waals surface area (Å²) in [5, 5.41) is 0. The summed E-state index contributed by atoms with van der Waals surface area (Å²) in [4.78, 5) is 38.1. The van der Waals surface area contributed by atoms with Gasteiger partial charge in [-0.05, 0) is 83.5 Å². The van der Waals surface area contributed by atoms with Crippen LogP contribution in [0.3, 0.4) is 0 Å². The van der Waals surface area contributed by atoms with Gasteiger partial charge in [-0.1, -0.05) is 253 Å². The largest absolute Gasteiger partial charge is 0.462 e. The molecular formula is C62H104O6. The van der Waals surface area contributed by atoms with Gasteiger partial charge in [0.2, 0.25) is 0 Å². The summed E-state index contributed by atoms with van der Waals surface area (Å²) < 4.78 is 16.8. The minimum Gasteiger partial charge on any atom is -0.462 e. The van der Waals surface area contributed by atoms with Crippen LogP contribution in [0.2, 0.25) is 0 Å². The number of hydrogen-bond donors (Lipinski definition) is 0. The van der Waals surface area contributed by atoms with E-state index < -0.39 is 6.10 Å². The number of carbonyl (C=O) groups is 3. The second-order valence-electron chi connectivity index (χ2n) is 18.4. The molecule has 0 saturated heterocycles. The molecule has 1 atom stereocenters. The molecular weight excluding hydrogens is 841 g/mol.